The van der Waals surface area contributed by atoms with Crippen LogP contribution in [-0.4, -0.2) is 16.0 Å². The molecule has 0 heterocycles. The summed E-state index contributed by atoms with van der Waals surface area (Å²) < 4.78 is 0. The fraction of sp³-hybridized carbons (Fsp3) is 0.571. The van der Waals surface area contributed by atoms with Crippen LogP contribution in [0.1, 0.15) is 44.7 Å². The summed E-state index contributed by atoms with van der Waals surface area (Å²) in [5.41, 5.74) is 0.886. The van der Waals surface area contributed by atoms with Gasteiger partial charge in [-0.1, -0.05) is 48.9 Å². The average molecular weight is 251 g/mol. The van der Waals surface area contributed by atoms with Crippen LogP contribution in [0.3, 0.4) is 0 Å². The van der Waals surface area contributed by atoms with Crippen molar-refractivity contribution in [2.45, 2.75) is 44.9 Å². The standard InChI is InChI=1S/C14H21NO3/c1-3-11(9-10-14(2,16)17)13(15-18)12-7-5-4-6-8-12/h4-8,11,13,16-17H,3,9-10H2,1-2H3. The van der Waals surface area contributed by atoms with Crippen LogP contribution in [0, 0.1) is 10.8 Å². The Morgan fingerprint density at radius 2 is 1.89 bits per heavy atom. The summed E-state index contributed by atoms with van der Waals surface area (Å²) >= 11 is 0. The van der Waals surface area contributed by atoms with Gasteiger partial charge in [-0.15, -0.1) is 0 Å². The van der Waals surface area contributed by atoms with Crippen molar-refractivity contribution in [1.29, 1.82) is 0 Å². The summed E-state index contributed by atoms with van der Waals surface area (Å²) in [6.07, 6.45) is 1.58. The number of nitrogens with zero attached hydrogens (tertiary/aromatic N) is 1. The Kier molecular flexibility index (Phi) is 5.44. The second-order valence-corrected chi connectivity index (χ2v) is 4.88. The fourth-order valence-electron chi connectivity index (χ4n) is 2.11. The lowest BCUT2D eigenvalue weighted by Crippen LogP contribution is -2.24. The molecule has 18 heavy (non-hydrogen) atoms. The molecular weight excluding hydrogens is 230 g/mol. The lowest BCUT2D eigenvalue weighted by molar-refractivity contribution is -0.152. The summed E-state index contributed by atoms with van der Waals surface area (Å²) in [6, 6.07) is 8.99. The van der Waals surface area contributed by atoms with E-state index in [2.05, 4.69) is 5.18 Å². The molecule has 0 aliphatic rings. The highest BCUT2D eigenvalue weighted by atomic mass is 16.5. The Morgan fingerprint density at radius 3 is 2.33 bits per heavy atom. The average Bonchev–Trinajstić information content (AvgIpc) is 2.34. The summed E-state index contributed by atoms with van der Waals surface area (Å²) in [6.45, 7) is 3.34. The van der Waals surface area contributed by atoms with Gasteiger partial charge in [-0.3, -0.25) is 0 Å². The van der Waals surface area contributed by atoms with Crippen molar-refractivity contribution in [1.82, 2.24) is 0 Å². The first-order valence-corrected chi connectivity index (χ1v) is 6.30. The zero-order valence-electron chi connectivity index (χ0n) is 10.9. The molecule has 1 aromatic rings. The van der Waals surface area contributed by atoms with Gasteiger partial charge < -0.3 is 10.2 Å². The zero-order chi connectivity index (χ0) is 13.6. The number of nitroso groups, excluding NO2 is 1. The van der Waals surface area contributed by atoms with Gasteiger partial charge in [-0.05, 0) is 24.8 Å². The second kappa shape index (κ2) is 6.61. The third-order valence-corrected chi connectivity index (χ3v) is 3.21. The van der Waals surface area contributed by atoms with Gasteiger partial charge in [-0.2, -0.15) is 4.91 Å². The maximum atomic E-state index is 11.1. The predicted octanol–water partition coefficient (Wildman–Crippen LogP) is 3.00. The van der Waals surface area contributed by atoms with Gasteiger partial charge in [0.2, 0.25) is 0 Å². The van der Waals surface area contributed by atoms with Crippen LogP contribution in [0.5, 0.6) is 0 Å². The molecule has 1 aromatic carbocycles. The van der Waals surface area contributed by atoms with Gasteiger partial charge in [0.05, 0.1) is 0 Å². The quantitative estimate of drug-likeness (QED) is 0.578. The van der Waals surface area contributed by atoms with Crippen molar-refractivity contribution in [3.8, 4) is 0 Å². The van der Waals surface area contributed by atoms with Crippen LogP contribution in [0.4, 0.5) is 0 Å². The van der Waals surface area contributed by atoms with Crippen molar-refractivity contribution in [3.63, 3.8) is 0 Å². The molecule has 0 aliphatic carbocycles. The number of hydrogen-bond donors (Lipinski definition) is 2. The molecule has 0 aromatic heterocycles. The van der Waals surface area contributed by atoms with Crippen molar-refractivity contribution < 1.29 is 10.2 Å². The molecule has 0 spiro atoms. The number of hydrogen-bond acceptors (Lipinski definition) is 4. The van der Waals surface area contributed by atoms with Crippen molar-refractivity contribution >= 4 is 0 Å². The van der Waals surface area contributed by atoms with E-state index in [9.17, 15) is 15.1 Å². The van der Waals surface area contributed by atoms with Crippen LogP contribution in [-0.2, 0) is 0 Å². The fourth-order valence-corrected chi connectivity index (χ4v) is 2.11. The maximum Gasteiger partial charge on any atom is 0.159 e. The SMILES string of the molecule is CCC(CCC(C)(O)O)C(N=O)c1ccccc1. The Bertz CT molecular complexity index is 359. The van der Waals surface area contributed by atoms with E-state index in [1.54, 1.807) is 0 Å². The lowest BCUT2D eigenvalue weighted by atomic mass is 9.87. The first kappa shape index (κ1) is 14.8. The van der Waals surface area contributed by atoms with E-state index in [1.165, 1.54) is 6.92 Å². The monoisotopic (exact) mass is 251 g/mol. The minimum atomic E-state index is -1.68. The molecule has 1 rings (SSSR count). The highest BCUT2D eigenvalue weighted by molar-refractivity contribution is 5.19. The Balaban J connectivity index is 2.75. The van der Waals surface area contributed by atoms with Gasteiger partial charge in [0.15, 0.2) is 5.79 Å². The highest BCUT2D eigenvalue weighted by Gasteiger charge is 2.25. The number of benzene rings is 1. The van der Waals surface area contributed by atoms with Crippen LogP contribution in [0.15, 0.2) is 35.5 Å². The summed E-state index contributed by atoms with van der Waals surface area (Å²) in [5.74, 6) is -1.65. The van der Waals surface area contributed by atoms with Gasteiger partial charge in [0.25, 0.3) is 0 Å². The minimum Gasteiger partial charge on any atom is -0.366 e. The van der Waals surface area contributed by atoms with Crippen molar-refractivity contribution in [3.05, 3.63) is 40.8 Å². The molecule has 0 saturated carbocycles. The van der Waals surface area contributed by atoms with E-state index in [0.29, 0.717) is 6.42 Å². The van der Waals surface area contributed by atoms with Crippen molar-refractivity contribution in [2.75, 3.05) is 0 Å². The van der Waals surface area contributed by atoms with E-state index in [1.807, 2.05) is 37.3 Å². The number of rotatable bonds is 7. The summed E-state index contributed by atoms with van der Waals surface area (Å²) in [7, 11) is 0. The highest BCUT2D eigenvalue weighted by Crippen LogP contribution is 2.32. The minimum absolute atomic E-state index is 0.0310. The van der Waals surface area contributed by atoms with E-state index in [-0.39, 0.29) is 12.3 Å². The van der Waals surface area contributed by atoms with E-state index in [4.69, 9.17) is 0 Å². The Labute approximate surface area is 108 Å². The van der Waals surface area contributed by atoms with Gasteiger partial charge in [-0.25, -0.2) is 0 Å². The maximum absolute atomic E-state index is 11.1. The molecule has 4 nitrogen and oxygen atoms in total. The third-order valence-electron chi connectivity index (χ3n) is 3.21. The molecule has 2 unspecified atom stereocenters. The van der Waals surface area contributed by atoms with Crippen LogP contribution in [0.2, 0.25) is 0 Å². The molecule has 4 heteroatoms. The molecular formula is C14H21NO3. The molecule has 0 fully saturated rings. The topological polar surface area (TPSA) is 69.9 Å². The predicted molar refractivity (Wildman–Crippen MR) is 70.8 cm³/mol. The Hall–Kier alpha value is -1.26. The first-order valence-electron chi connectivity index (χ1n) is 6.30. The van der Waals surface area contributed by atoms with Gasteiger partial charge in [0.1, 0.15) is 6.04 Å². The third kappa shape index (κ3) is 4.55. The van der Waals surface area contributed by atoms with Crippen LogP contribution < -0.4 is 0 Å². The van der Waals surface area contributed by atoms with Crippen LogP contribution >= 0.6 is 0 Å². The van der Waals surface area contributed by atoms with E-state index < -0.39 is 11.8 Å². The Morgan fingerprint density at radius 1 is 1.28 bits per heavy atom. The van der Waals surface area contributed by atoms with Gasteiger partial charge in [0, 0.05) is 6.42 Å². The second-order valence-electron chi connectivity index (χ2n) is 4.88. The molecule has 2 N–H and O–H groups in total. The smallest absolute Gasteiger partial charge is 0.159 e. The summed E-state index contributed by atoms with van der Waals surface area (Å²) in [4.78, 5) is 11.1. The molecule has 0 saturated heterocycles. The summed E-state index contributed by atoms with van der Waals surface area (Å²) in [5, 5.41) is 21.9. The largest absolute Gasteiger partial charge is 0.366 e. The molecule has 0 aliphatic heterocycles. The zero-order valence-corrected chi connectivity index (χ0v) is 10.9. The normalized spacial score (nSPS) is 15.1. The molecule has 100 valence electrons. The molecule has 2 atom stereocenters. The van der Waals surface area contributed by atoms with Gasteiger partial charge >= 0.3 is 0 Å². The molecule has 0 amide bonds. The first-order chi connectivity index (χ1) is 8.48. The van der Waals surface area contributed by atoms with Crippen LogP contribution in [0.25, 0.3) is 0 Å². The molecule has 0 radical (unpaired) electrons. The molecule has 0 bridgehead atoms. The lowest BCUT2D eigenvalue weighted by Gasteiger charge is -2.24. The van der Waals surface area contributed by atoms with Crippen molar-refractivity contribution in [2.24, 2.45) is 11.1 Å². The van der Waals surface area contributed by atoms with E-state index >= 15 is 0 Å². The van der Waals surface area contributed by atoms with E-state index in [0.717, 1.165) is 12.0 Å². The number of aliphatic hydroxyl groups is 2.